The van der Waals surface area contributed by atoms with Crippen LogP contribution in [0.4, 0.5) is 0 Å². The van der Waals surface area contributed by atoms with E-state index in [2.05, 4.69) is 32.6 Å². The van der Waals surface area contributed by atoms with Gasteiger partial charge in [-0.05, 0) is 18.2 Å². The number of rotatable bonds is 2. The SMILES string of the molecule is CN1C(=O)c2c(c3c4ccccc4n([C@@H]4O[C@H](CI)[C@@H](O)[C@H](O)[C@H]4O)c3c3[nH]c4ncccc4c23)C1=O. The molecule has 2 amide bonds. The van der Waals surface area contributed by atoms with Crippen LogP contribution in [0.25, 0.3) is 43.7 Å². The van der Waals surface area contributed by atoms with Crippen LogP contribution in [-0.4, -0.2) is 82.5 Å². The maximum Gasteiger partial charge on any atom is 0.262 e. The van der Waals surface area contributed by atoms with Crippen LogP contribution in [0.15, 0.2) is 42.6 Å². The molecule has 10 nitrogen and oxygen atoms in total. The number of nitrogens with zero attached hydrogens (tertiary/aromatic N) is 3. The van der Waals surface area contributed by atoms with Gasteiger partial charge in [0.15, 0.2) is 6.23 Å². The Morgan fingerprint density at radius 1 is 0.973 bits per heavy atom. The summed E-state index contributed by atoms with van der Waals surface area (Å²) in [7, 11) is 1.46. The number of carbonyl (C=O) groups excluding carboxylic acids is 2. The molecule has 5 atom stereocenters. The Bertz CT molecular complexity index is 1790. The van der Waals surface area contributed by atoms with Gasteiger partial charge in [-0.25, -0.2) is 4.98 Å². The first-order valence-corrected chi connectivity index (χ1v) is 13.3. The van der Waals surface area contributed by atoms with Crippen LogP contribution in [-0.2, 0) is 4.74 Å². The first-order valence-electron chi connectivity index (χ1n) is 11.8. The number of H-pyrrole nitrogens is 1. The molecule has 1 saturated heterocycles. The highest BCUT2D eigenvalue weighted by molar-refractivity contribution is 14.1. The van der Waals surface area contributed by atoms with Gasteiger partial charge in [0, 0.05) is 39.2 Å². The fourth-order valence-electron chi connectivity index (χ4n) is 5.86. The first kappa shape index (κ1) is 23.0. The summed E-state index contributed by atoms with van der Waals surface area (Å²) in [6, 6.07) is 11.0. The van der Waals surface area contributed by atoms with Crippen molar-refractivity contribution in [2.24, 2.45) is 0 Å². The van der Waals surface area contributed by atoms with Crippen molar-refractivity contribution in [1.82, 2.24) is 19.4 Å². The van der Waals surface area contributed by atoms with Crippen molar-refractivity contribution >= 4 is 78.1 Å². The van der Waals surface area contributed by atoms with E-state index in [0.29, 0.717) is 53.7 Å². The van der Waals surface area contributed by atoms with Crippen LogP contribution in [0.5, 0.6) is 0 Å². The number of carbonyl (C=O) groups is 2. The third-order valence-electron chi connectivity index (χ3n) is 7.60. The first-order chi connectivity index (χ1) is 17.8. The molecular formula is C26H21IN4O6. The van der Waals surface area contributed by atoms with Crippen molar-refractivity contribution in [3.8, 4) is 0 Å². The van der Waals surface area contributed by atoms with Gasteiger partial charge >= 0.3 is 0 Å². The van der Waals surface area contributed by atoms with Gasteiger partial charge in [0.1, 0.15) is 24.0 Å². The number of hydrogen-bond donors (Lipinski definition) is 4. The number of halogens is 1. The van der Waals surface area contributed by atoms with E-state index in [0.717, 1.165) is 4.90 Å². The summed E-state index contributed by atoms with van der Waals surface area (Å²) in [6.07, 6.45) is -4.33. The van der Waals surface area contributed by atoms with Crippen molar-refractivity contribution < 1.29 is 29.6 Å². The number of imide groups is 1. The highest BCUT2D eigenvalue weighted by atomic mass is 127. The minimum atomic E-state index is -1.46. The van der Waals surface area contributed by atoms with Crippen LogP contribution in [0.1, 0.15) is 26.9 Å². The topological polar surface area (TPSA) is 141 Å². The summed E-state index contributed by atoms with van der Waals surface area (Å²) >= 11 is 2.07. The number of benzene rings is 2. The zero-order valence-electron chi connectivity index (χ0n) is 19.4. The molecule has 0 spiro atoms. The molecule has 0 bridgehead atoms. The maximum absolute atomic E-state index is 13.5. The lowest BCUT2D eigenvalue weighted by molar-refractivity contribution is -0.236. The van der Waals surface area contributed by atoms with Gasteiger partial charge in [0.25, 0.3) is 11.8 Å². The minimum absolute atomic E-state index is 0.283. The third kappa shape index (κ3) is 2.85. The second kappa shape index (κ2) is 7.95. The number of aliphatic hydroxyl groups is 3. The van der Waals surface area contributed by atoms with E-state index in [1.54, 1.807) is 16.8 Å². The van der Waals surface area contributed by atoms with E-state index in [1.807, 2.05) is 30.3 Å². The van der Waals surface area contributed by atoms with Crippen LogP contribution in [0, 0.1) is 0 Å². The normalized spacial score (nSPS) is 26.3. The van der Waals surface area contributed by atoms with Gasteiger partial charge in [-0.1, -0.05) is 40.8 Å². The molecule has 0 radical (unpaired) electrons. The summed E-state index contributed by atoms with van der Waals surface area (Å²) in [5, 5.41) is 34.9. The fraction of sp³-hybridized carbons (Fsp3) is 0.269. The zero-order valence-corrected chi connectivity index (χ0v) is 21.6. The molecule has 4 N–H and O–H groups in total. The number of amides is 2. The van der Waals surface area contributed by atoms with Gasteiger partial charge in [-0.2, -0.15) is 0 Å². The molecule has 0 aliphatic carbocycles. The molecule has 2 aliphatic rings. The maximum atomic E-state index is 13.5. The molecule has 11 heteroatoms. The quantitative estimate of drug-likeness (QED) is 0.136. The Morgan fingerprint density at radius 3 is 2.43 bits per heavy atom. The van der Waals surface area contributed by atoms with E-state index in [4.69, 9.17) is 4.74 Å². The summed E-state index contributed by atoms with van der Waals surface area (Å²) in [5.41, 5.74) is 2.90. The van der Waals surface area contributed by atoms with E-state index in [-0.39, 0.29) is 5.56 Å². The van der Waals surface area contributed by atoms with Gasteiger partial charge in [0.2, 0.25) is 0 Å². The molecule has 0 saturated carbocycles. The van der Waals surface area contributed by atoms with Crippen molar-refractivity contribution in [1.29, 1.82) is 0 Å². The predicted molar refractivity (Wildman–Crippen MR) is 144 cm³/mol. The van der Waals surface area contributed by atoms with Gasteiger partial charge < -0.3 is 29.6 Å². The van der Waals surface area contributed by atoms with Crippen LogP contribution in [0.2, 0.25) is 0 Å². The minimum Gasteiger partial charge on any atom is -0.388 e. The average molecular weight is 612 g/mol. The number of pyridine rings is 1. The van der Waals surface area contributed by atoms with E-state index in [9.17, 15) is 24.9 Å². The zero-order chi connectivity index (χ0) is 25.7. The smallest absolute Gasteiger partial charge is 0.262 e. The van der Waals surface area contributed by atoms with E-state index < -0.39 is 42.5 Å². The Kier molecular flexibility index (Phi) is 4.95. The number of aromatic amines is 1. The summed E-state index contributed by atoms with van der Waals surface area (Å²) < 4.78 is 8.35. The van der Waals surface area contributed by atoms with Crippen LogP contribution >= 0.6 is 22.6 Å². The highest BCUT2D eigenvalue weighted by Gasteiger charge is 2.46. The van der Waals surface area contributed by atoms with Crippen molar-refractivity contribution in [2.75, 3.05) is 11.5 Å². The monoisotopic (exact) mass is 612 g/mol. The van der Waals surface area contributed by atoms with Gasteiger partial charge in [-0.15, -0.1) is 0 Å². The lowest BCUT2D eigenvalue weighted by Gasteiger charge is -2.41. The highest BCUT2D eigenvalue weighted by Crippen LogP contribution is 2.46. The second-order valence-corrected chi connectivity index (χ2v) is 10.4. The number of fused-ring (bicyclic) bond motifs is 10. The number of aromatic nitrogens is 3. The summed E-state index contributed by atoms with van der Waals surface area (Å²) in [4.78, 5) is 35.8. The average Bonchev–Trinajstić information content (AvgIpc) is 3.53. The Hall–Kier alpha value is -3.10. The van der Waals surface area contributed by atoms with Crippen molar-refractivity contribution in [3.63, 3.8) is 0 Å². The molecule has 5 heterocycles. The number of aliphatic hydroxyl groups excluding tert-OH is 3. The Morgan fingerprint density at radius 2 is 1.68 bits per heavy atom. The number of para-hydroxylation sites is 1. The molecule has 5 aromatic rings. The molecular weight excluding hydrogens is 591 g/mol. The second-order valence-electron chi connectivity index (χ2n) is 9.50. The molecule has 37 heavy (non-hydrogen) atoms. The van der Waals surface area contributed by atoms with Crippen LogP contribution in [0.3, 0.4) is 0 Å². The number of hydrogen-bond acceptors (Lipinski definition) is 7. The molecule has 0 unspecified atom stereocenters. The molecule has 188 valence electrons. The van der Waals surface area contributed by atoms with E-state index in [1.165, 1.54) is 7.05 Å². The summed E-state index contributed by atoms with van der Waals surface area (Å²) in [6.45, 7) is 0. The van der Waals surface area contributed by atoms with Gasteiger partial charge in [-0.3, -0.25) is 14.5 Å². The lowest BCUT2D eigenvalue weighted by Crippen LogP contribution is -2.55. The van der Waals surface area contributed by atoms with E-state index >= 15 is 0 Å². The lowest BCUT2D eigenvalue weighted by atomic mass is 9.96. The number of alkyl halides is 1. The van der Waals surface area contributed by atoms with Crippen molar-refractivity contribution in [3.05, 3.63) is 53.7 Å². The Labute approximate surface area is 222 Å². The third-order valence-corrected chi connectivity index (χ3v) is 8.47. The Balaban J connectivity index is 1.71. The molecule has 2 aromatic carbocycles. The summed E-state index contributed by atoms with van der Waals surface area (Å²) in [5.74, 6) is -0.815. The molecule has 1 fully saturated rings. The van der Waals surface area contributed by atoms with Crippen molar-refractivity contribution in [2.45, 2.75) is 30.6 Å². The molecule has 2 aliphatic heterocycles. The fourth-order valence-corrected chi connectivity index (χ4v) is 6.59. The number of ether oxygens (including phenoxy) is 1. The van der Waals surface area contributed by atoms with Crippen LogP contribution < -0.4 is 0 Å². The largest absolute Gasteiger partial charge is 0.388 e. The molecule has 7 rings (SSSR count). The van der Waals surface area contributed by atoms with Gasteiger partial charge in [0.05, 0.1) is 33.8 Å². The predicted octanol–water partition coefficient (Wildman–Crippen LogP) is 2.46. The molecule has 3 aromatic heterocycles. The number of nitrogens with one attached hydrogen (secondary N) is 1. The standard InChI is InChI=1S/C26H21IN4O6/c1-30-24(35)16-14-11-6-4-8-28-23(11)29-18(14)19-15(17(16)25(30)36)10-5-2-3-7-12(10)31(19)26-22(34)21(33)20(32)13(9-27)37-26/h2-8,13,20-22,26,32-34H,9H2,1H3,(H,28,29)/t13-,20-,21+,22-,26-/m1/s1.